The van der Waals surface area contributed by atoms with E-state index in [0.717, 1.165) is 31.5 Å². The number of anilines is 1. The number of carbonyl (C=O) groups is 2. The molecule has 1 amide bonds. The van der Waals surface area contributed by atoms with E-state index in [1.165, 1.54) is 6.07 Å². The first-order valence-electron chi connectivity index (χ1n) is 12.5. The van der Waals surface area contributed by atoms with Gasteiger partial charge in [0.25, 0.3) is 0 Å². The second-order valence-electron chi connectivity index (χ2n) is 11.5. The van der Waals surface area contributed by atoms with Crippen molar-refractivity contribution < 1.29 is 27.9 Å². The highest BCUT2D eigenvalue weighted by atomic mass is 19.4. The molecule has 35 heavy (non-hydrogen) atoms. The molecule has 4 aliphatic carbocycles. The number of hydrogen-bond donors (Lipinski definition) is 2. The second-order valence-corrected chi connectivity index (χ2v) is 11.5. The van der Waals surface area contributed by atoms with Crippen molar-refractivity contribution in [1.82, 2.24) is 15.2 Å². The maximum absolute atomic E-state index is 13.5. The predicted molar refractivity (Wildman–Crippen MR) is 123 cm³/mol. The minimum atomic E-state index is -4.42. The van der Waals surface area contributed by atoms with Crippen molar-refractivity contribution in [3.05, 3.63) is 23.9 Å². The Kier molecular flexibility index (Phi) is 5.81. The summed E-state index contributed by atoms with van der Waals surface area (Å²) in [4.78, 5) is 33.9. The number of alkyl halides is 3. The molecule has 1 saturated heterocycles. The van der Waals surface area contributed by atoms with Crippen LogP contribution in [0.25, 0.3) is 0 Å². The number of halogens is 3. The zero-order valence-corrected chi connectivity index (χ0v) is 20.1. The van der Waals surface area contributed by atoms with Crippen LogP contribution >= 0.6 is 0 Å². The lowest BCUT2D eigenvalue weighted by atomic mass is 9.47. The third-order valence-corrected chi connectivity index (χ3v) is 9.05. The van der Waals surface area contributed by atoms with Crippen molar-refractivity contribution in [3.8, 4) is 0 Å². The van der Waals surface area contributed by atoms with Gasteiger partial charge in [-0.05, 0) is 75.8 Å². The first-order valence-corrected chi connectivity index (χ1v) is 12.5. The van der Waals surface area contributed by atoms with Crippen LogP contribution in [-0.2, 0) is 15.8 Å². The Labute approximate surface area is 203 Å². The molecule has 0 aromatic carbocycles. The molecule has 3 unspecified atom stereocenters. The van der Waals surface area contributed by atoms with E-state index in [1.54, 1.807) is 0 Å². The Hall–Kier alpha value is -2.36. The number of aliphatic carboxylic acids is 1. The average molecular weight is 495 g/mol. The molecule has 4 bridgehead atoms. The van der Waals surface area contributed by atoms with E-state index in [-0.39, 0.29) is 17.9 Å². The molecule has 5 fully saturated rings. The van der Waals surface area contributed by atoms with Crippen molar-refractivity contribution in [2.75, 3.05) is 31.1 Å². The van der Waals surface area contributed by atoms with Crippen LogP contribution in [0.2, 0.25) is 0 Å². The number of pyridine rings is 1. The van der Waals surface area contributed by atoms with Gasteiger partial charge in [0.05, 0.1) is 16.5 Å². The van der Waals surface area contributed by atoms with Crippen LogP contribution in [0.1, 0.15) is 51.5 Å². The molecule has 4 saturated carbocycles. The summed E-state index contributed by atoms with van der Waals surface area (Å²) in [5.41, 5.74) is -2.47. The van der Waals surface area contributed by atoms with Gasteiger partial charge in [0.1, 0.15) is 5.82 Å². The van der Waals surface area contributed by atoms with E-state index in [2.05, 4.69) is 15.2 Å². The van der Waals surface area contributed by atoms with E-state index in [1.807, 2.05) is 18.7 Å². The number of nitrogens with one attached hydrogen (secondary N) is 1. The standard InChI is InChI=1S/C25H33F3N4O3/c1-23(2,32-7-5-31(6-8-32)19-4-3-18(14-29-19)25(26,27)28)21(33)30-20-17-10-15-9-16(11-17)13-24(20,12-15)22(34)35/h3-4,14-17,20H,5-13H2,1-2H3,(H,30,33)(H,34,35). The van der Waals surface area contributed by atoms with Gasteiger partial charge in [-0.2, -0.15) is 13.2 Å². The quantitative estimate of drug-likeness (QED) is 0.653. The number of amides is 1. The van der Waals surface area contributed by atoms with Crippen LogP contribution in [-0.4, -0.2) is 64.6 Å². The van der Waals surface area contributed by atoms with Crippen LogP contribution in [0.5, 0.6) is 0 Å². The van der Waals surface area contributed by atoms with Gasteiger partial charge < -0.3 is 15.3 Å². The summed E-state index contributed by atoms with van der Waals surface area (Å²) in [6, 6.07) is 2.08. The molecule has 0 spiro atoms. The highest BCUT2D eigenvalue weighted by molar-refractivity contribution is 5.87. The number of piperazine rings is 1. The molecule has 1 aromatic rings. The Morgan fingerprint density at radius 3 is 2.20 bits per heavy atom. The van der Waals surface area contributed by atoms with E-state index in [4.69, 9.17) is 0 Å². The Bertz CT molecular complexity index is 975. The molecular weight excluding hydrogens is 461 g/mol. The van der Waals surface area contributed by atoms with Gasteiger partial charge >= 0.3 is 12.1 Å². The maximum atomic E-state index is 13.5. The molecule has 3 atom stereocenters. The summed E-state index contributed by atoms with van der Waals surface area (Å²) in [6.07, 6.45) is 0.848. The van der Waals surface area contributed by atoms with Crippen molar-refractivity contribution in [2.24, 2.45) is 23.2 Å². The van der Waals surface area contributed by atoms with Crippen molar-refractivity contribution in [2.45, 2.75) is 63.7 Å². The monoisotopic (exact) mass is 494 g/mol. The van der Waals surface area contributed by atoms with E-state index >= 15 is 0 Å². The topological polar surface area (TPSA) is 85.8 Å². The van der Waals surface area contributed by atoms with Crippen LogP contribution in [0.4, 0.5) is 19.0 Å². The molecule has 6 rings (SSSR count). The lowest BCUT2D eigenvalue weighted by Crippen LogP contribution is -2.68. The van der Waals surface area contributed by atoms with E-state index in [0.29, 0.717) is 56.7 Å². The van der Waals surface area contributed by atoms with Gasteiger partial charge in [-0.1, -0.05) is 0 Å². The smallest absolute Gasteiger partial charge is 0.417 e. The fraction of sp³-hybridized carbons (Fsp3) is 0.720. The molecule has 5 aliphatic rings. The van der Waals surface area contributed by atoms with Crippen LogP contribution in [0.15, 0.2) is 18.3 Å². The third kappa shape index (κ3) is 4.17. The number of carboxylic acid groups (broad SMARTS) is 1. The minimum absolute atomic E-state index is 0.156. The molecule has 1 aromatic heterocycles. The fourth-order valence-electron chi connectivity index (χ4n) is 7.30. The van der Waals surface area contributed by atoms with Crippen LogP contribution in [0, 0.1) is 23.2 Å². The van der Waals surface area contributed by atoms with Gasteiger partial charge in [0.15, 0.2) is 0 Å². The molecular formula is C25H33F3N4O3. The summed E-state index contributed by atoms with van der Waals surface area (Å²) in [7, 11) is 0. The Balaban J connectivity index is 1.23. The summed E-state index contributed by atoms with van der Waals surface area (Å²) in [6.45, 7) is 5.87. The summed E-state index contributed by atoms with van der Waals surface area (Å²) in [5, 5.41) is 13.4. The van der Waals surface area contributed by atoms with Crippen molar-refractivity contribution >= 4 is 17.7 Å². The minimum Gasteiger partial charge on any atom is -0.481 e. The Morgan fingerprint density at radius 1 is 1.06 bits per heavy atom. The first-order chi connectivity index (χ1) is 16.4. The number of rotatable bonds is 5. The number of hydrogen-bond acceptors (Lipinski definition) is 5. The average Bonchev–Trinajstić information content (AvgIpc) is 2.80. The normalized spacial score (nSPS) is 33.1. The van der Waals surface area contributed by atoms with Gasteiger partial charge in [-0.25, -0.2) is 4.98 Å². The largest absolute Gasteiger partial charge is 0.481 e. The molecule has 2 N–H and O–H groups in total. The highest BCUT2D eigenvalue weighted by Gasteiger charge is 2.61. The molecule has 1 aliphatic heterocycles. The number of carbonyl (C=O) groups excluding carboxylic acids is 1. The van der Waals surface area contributed by atoms with Gasteiger partial charge in [-0.15, -0.1) is 0 Å². The summed E-state index contributed by atoms with van der Waals surface area (Å²) >= 11 is 0. The number of carboxylic acids is 1. The van der Waals surface area contributed by atoms with Crippen molar-refractivity contribution in [1.29, 1.82) is 0 Å². The summed E-state index contributed by atoms with van der Waals surface area (Å²) < 4.78 is 38.5. The molecule has 10 heteroatoms. The summed E-state index contributed by atoms with van der Waals surface area (Å²) in [5.74, 6) is 0.680. The van der Waals surface area contributed by atoms with Gasteiger partial charge in [0.2, 0.25) is 5.91 Å². The zero-order chi connectivity index (χ0) is 25.2. The number of aromatic nitrogens is 1. The highest BCUT2D eigenvalue weighted by Crippen LogP contribution is 2.60. The van der Waals surface area contributed by atoms with E-state index in [9.17, 15) is 27.9 Å². The van der Waals surface area contributed by atoms with Crippen LogP contribution in [0.3, 0.4) is 0 Å². The van der Waals surface area contributed by atoms with E-state index < -0.39 is 28.7 Å². The predicted octanol–water partition coefficient (Wildman–Crippen LogP) is 3.40. The molecule has 192 valence electrons. The fourth-order valence-corrected chi connectivity index (χ4v) is 7.30. The third-order valence-electron chi connectivity index (χ3n) is 9.05. The Morgan fingerprint density at radius 2 is 1.69 bits per heavy atom. The lowest BCUT2D eigenvalue weighted by molar-refractivity contribution is -0.172. The lowest BCUT2D eigenvalue weighted by Gasteiger charge is -2.59. The zero-order valence-electron chi connectivity index (χ0n) is 20.1. The SMILES string of the molecule is CC(C)(C(=O)NC1C2CC3CC(C2)CC1(C(=O)O)C3)N1CCN(c2ccc(C(F)(F)F)cn2)CC1. The molecule has 0 radical (unpaired) electrons. The maximum Gasteiger partial charge on any atom is 0.417 e. The van der Waals surface area contributed by atoms with Crippen LogP contribution < -0.4 is 10.2 Å². The van der Waals surface area contributed by atoms with Gasteiger partial charge in [-0.3, -0.25) is 14.5 Å². The van der Waals surface area contributed by atoms with Crippen molar-refractivity contribution in [3.63, 3.8) is 0 Å². The molecule has 2 heterocycles. The number of nitrogens with zero attached hydrogens (tertiary/aromatic N) is 3. The van der Waals surface area contributed by atoms with Gasteiger partial charge in [0, 0.05) is 38.4 Å². The second kappa shape index (κ2) is 8.35. The molecule has 7 nitrogen and oxygen atoms in total. The first kappa shape index (κ1) is 24.3.